The zero-order valence-electron chi connectivity index (χ0n) is 12.6. The number of ketones is 1. The molecule has 1 aromatic rings. The summed E-state index contributed by atoms with van der Waals surface area (Å²) in [5.41, 5.74) is 2.11. The fraction of sp³-hybridized carbons (Fsp3) is 0.438. The van der Waals surface area contributed by atoms with E-state index in [9.17, 15) is 14.9 Å². The van der Waals surface area contributed by atoms with Crippen LogP contribution in [-0.4, -0.2) is 24.8 Å². The summed E-state index contributed by atoms with van der Waals surface area (Å²) in [5, 5.41) is 11.2. The molecular formula is C16H20N2O3. The standard InChI is InChI=1S/C16H20N2O3/c1-11-5-4-6-13(16(11)19)9-12-7-8-14(17(2)3)15(10-12)18(20)21/h7-11H,4-6H2,1-3H3/b13-9+/t11-/m1/s1. The first-order chi connectivity index (χ1) is 9.90. The Labute approximate surface area is 124 Å². The lowest BCUT2D eigenvalue weighted by molar-refractivity contribution is -0.384. The lowest BCUT2D eigenvalue weighted by atomic mass is 9.84. The fourth-order valence-electron chi connectivity index (χ4n) is 2.67. The van der Waals surface area contributed by atoms with E-state index in [4.69, 9.17) is 0 Å². The minimum Gasteiger partial charge on any atom is -0.372 e. The van der Waals surface area contributed by atoms with Crippen molar-refractivity contribution in [1.82, 2.24) is 0 Å². The Kier molecular flexibility index (Phi) is 4.40. The van der Waals surface area contributed by atoms with Crippen molar-refractivity contribution in [3.63, 3.8) is 0 Å². The number of nitrogens with zero attached hydrogens (tertiary/aromatic N) is 2. The molecule has 0 spiro atoms. The van der Waals surface area contributed by atoms with Crippen LogP contribution in [0.25, 0.3) is 6.08 Å². The highest BCUT2D eigenvalue weighted by Gasteiger charge is 2.23. The molecule has 112 valence electrons. The van der Waals surface area contributed by atoms with Crippen molar-refractivity contribution < 1.29 is 9.72 Å². The Balaban J connectivity index is 2.39. The molecular weight excluding hydrogens is 268 g/mol. The first kappa shape index (κ1) is 15.2. The molecule has 21 heavy (non-hydrogen) atoms. The van der Waals surface area contributed by atoms with Gasteiger partial charge >= 0.3 is 0 Å². The van der Waals surface area contributed by atoms with Crippen molar-refractivity contribution in [2.75, 3.05) is 19.0 Å². The molecule has 1 aliphatic rings. The second kappa shape index (κ2) is 6.08. The Morgan fingerprint density at radius 2 is 2.10 bits per heavy atom. The van der Waals surface area contributed by atoms with Crippen LogP contribution in [0.15, 0.2) is 23.8 Å². The average Bonchev–Trinajstić information content (AvgIpc) is 2.43. The molecule has 1 atom stereocenters. The van der Waals surface area contributed by atoms with E-state index in [0.717, 1.165) is 24.8 Å². The predicted molar refractivity (Wildman–Crippen MR) is 83.4 cm³/mol. The highest BCUT2D eigenvalue weighted by atomic mass is 16.6. The number of hydrogen-bond donors (Lipinski definition) is 0. The molecule has 0 amide bonds. The van der Waals surface area contributed by atoms with E-state index >= 15 is 0 Å². The van der Waals surface area contributed by atoms with Crippen molar-refractivity contribution in [1.29, 1.82) is 0 Å². The van der Waals surface area contributed by atoms with E-state index in [2.05, 4.69) is 0 Å². The summed E-state index contributed by atoms with van der Waals surface area (Å²) in [6.45, 7) is 1.94. The van der Waals surface area contributed by atoms with Gasteiger partial charge < -0.3 is 4.90 Å². The minimum absolute atomic E-state index is 0.0565. The minimum atomic E-state index is -0.386. The van der Waals surface area contributed by atoms with E-state index in [0.29, 0.717) is 11.3 Å². The number of carbonyl (C=O) groups excluding carboxylic acids is 1. The first-order valence-electron chi connectivity index (χ1n) is 7.10. The third-order valence-electron chi connectivity index (χ3n) is 3.87. The van der Waals surface area contributed by atoms with Crippen LogP contribution in [0.4, 0.5) is 11.4 Å². The Hall–Kier alpha value is -2.17. The number of nitro groups is 1. The van der Waals surface area contributed by atoms with Crippen molar-refractivity contribution >= 4 is 23.2 Å². The molecule has 1 aromatic carbocycles. The maximum absolute atomic E-state index is 12.1. The maximum atomic E-state index is 12.1. The topological polar surface area (TPSA) is 63.4 Å². The molecule has 1 fully saturated rings. The quantitative estimate of drug-likeness (QED) is 0.485. The van der Waals surface area contributed by atoms with Gasteiger partial charge in [0, 0.05) is 26.1 Å². The Morgan fingerprint density at radius 3 is 2.71 bits per heavy atom. The van der Waals surface area contributed by atoms with Crippen molar-refractivity contribution in [2.45, 2.75) is 26.2 Å². The van der Waals surface area contributed by atoms with E-state index in [1.807, 2.05) is 13.0 Å². The summed E-state index contributed by atoms with van der Waals surface area (Å²) < 4.78 is 0. The zero-order valence-corrected chi connectivity index (χ0v) is 12.6. The monoisotopic (exact) mass is 288 g/mol. The summed E-state index contributed by atoms with van der Waals surface area (Å²) in [6, 6.07) is 5.08. The molecule has 0 N–H and O–H groups in total. The second-order valence-electron chi connectivity index (χ2n) is 5.73. The molecule has 0 saturated heterocycles. The van der Waals surface area contributed by atoms with Gasteiger partial charge in [0.05, 0.1) is 4.92 Å². The molecule has 0 bridgehead atoms. The van der Waals surface area contributed by atoms with Crippen LogP contribution in [0.1, 0.15) is 31.7 Å². The summed E-state index contributed by atoms with van der Waals surface area (Å²) in [4.78, 5) is 24.6. The molecule has 2 rings (SSSR count). The second-order valence-corrected chi connectivity index (χ2v) is 5.73. The van der Waals surface area contributed by atoms with Gasteiger partial charge in [0.25, 0.3) is 5.69 Å². The van der Waals surface area contributed by atoms with Crippen molar-refractivity contribution in [3.05, 3.63) is 39.4 Å². The molecule has 0 aliphatic heterocycles. The predicted octanol–water partition coefficient (Wildman–Crippen LogP) is 3.43. The Morgan fingerprint density at radius 1 is 1.38 bits per heavy atom. The summed E-state index contributed by atoms with van der Waals surface area (Å²) in [5.74, 6) is 0.224. The lowest BCUT2D eigenvalue weighted by Gasteiger charge is -2.19. The van der Waals surface area contributed by atoms with E-state index in [-0.39, 0.29) is 22.3 Å². The number of allylic oxidation sites excluding steroid dienone is 1. The highest BCUT2D eigenvalue weighted by Crippen LogP contribution is 2.31. The molecule has 1 saturated carbocycles. The largest absolute Gasteiger partial charge is 0.372 e. The van der Waals surface area contributed by atoms with Crippen LogP contribution in [0, 0.1) is 16.0 Å². The maximum Gasteiger partial charge on any atom is 0.293 e. The van der Waals surface area contributed by atoms with Crippen molar-refractivity contribution in [2.24, 2.45) is 5.92 Å². The van der Waals surface area contributed by atoms with E-state index < -0.39 is 0 Å². The molecule has 1 aliphatic carbocycles. The zero-order chi connectivity index (χ0) is 15.6. The first-order valence-corrected chi connectivity index (χ1v) is 7.10. The number of benzene rings is 1. The van der Waals surface area contributed by atoms with E-state index in [1.165, 1.54) is 6.07 Å². The van der Waals surface area contributed by atoms with Gasteiger partial charge in [-0.1, -0.05) is 13.0 Å². The third-order valence-corrected chi connectivity index (χ3v) is 3.87. The molecule has 5 heteroatoms. The van der Waals surface area contributed by atoms with Gasteiger partial charge in [0.2, 0.25) is 0 Å². The SMILES string of the molecule is C[C@@H]1CCC/C(=C\c2ccc(N(C)C)c([N+](=O)[O-])c2)C1=O. The number of Topliss-reactive ketones (excluding diaryl/α,β-unsaturated/α-hetero) is 1. The normalized spacial score (nSPS) is 20.6. The number of carbonyl (C=O) groups is 1. The summed E-state index contributed by atoms with van der Waals surface area (Å²) >= 11 is 0. The van der Waals surface area contributed by atoms with Gasteiger partial charge in [-0.15, -0.1) is 0 Å². The molecule has 0 radical (unpaired) electrons. The molecule has 0 unspecified atom stereocenters. The lowest BCUT2D eigenvalue weighted by Crippen LogP contribution is -2.18. The number of rotatable bonds is 3. The van der Waals surface area contributed by atoms with Gasteiger partial charge in [-0.2, -0.15) is 0 Å². The van der Waals surface area contributed by atoms with Gasteiger partial charge in [0.15, 0.2) is 5.78 Å². The van der Waals surface area contributed by atoms with Crippen LogP contribution in [0.2, 0.25) is 0 Å². The Bertz CT molecular complexity index is 606. The van der Waals surface area contributed by atoms with Gasteiger partial charge in [-0.05, 0) is 42.5 Å². The van der Waals surface area contributed by atoms with Gasteiger partial charge in [-0.3, -0.25) is 14.9 Å². The van der Waals surface area contributed by atoms with Gasteiger partial charge in [-0.25, -0.2) is 0 Å². The van der Waals surface area contributed by atoms with Crippen molar-refractivity contribution in [3.8, 4) is 0 Å². The third kappa shape index (κ3) is 3.29. The van der Waals surface area contributed by atoms with Crippen LogP contribution in [0.5, 0.6) is 0 Å². The number of hydrogen-bond acceptors (Lipinski definition) is 4. The van der Waals surface area contributed by atoms with Crippen LogP contribution in [-0.2, 0) is 4.79 Å². The smallest absolute Gasteiger partial charge is 0.293 e. The summed E-state index contributed by atoms with van der Waals surface area (Å²) in [6.07, 6.45) is 4.48. The molecule has 5 nitrogen and oxygen atoms in total. The summed E-state index contributed by atoms with van der Waals surface area (Å²) in [7, 11) is 3.54. The fourth-order valence-corrected chi connectivity index (χ4v) is 2.67. The average molecular weight is 288 g/mol. The van der Waals surface area contributed by atoms with Crippen LogP contribution >= 0.6 is 0 Å². The van der Waals surface area contributed by atoms with E-state index in [1.54, 1.807) is 31.1 Å². The molecule has 0 heterocycles. The number of nitro benzene ring substituents is 1. The van der Waals surface area contributed by atoms with Gasteiger partial charge in [0.1, 0.15) is 5.69 Å². The molecule has 0 aromatic heterocycles. The van der Waals surface area contributed by atoms with Crippen LogP contribution in [0.3, 0.4) is 0 Å². The number of anilines is 1. The van der Waals surface area contributed by atoms with Crippen LogP contribution < -0.4 is 4.90 Å². The highest BCUT2D eigenvalue weighted by molar-refractivity contribution is 6.01.